The van der Waals surface area contributed by atoms with Gasteiger partial charge in [0.2, 0.25) is 5.91 Å². The second-order valence-electron chi connectivity index (χ2n) is 7.42. The van der Waals surface area contributed by atoms with Crippen molar-refractivity contribution < 1.29 is 13.9 Å². The summed E-state index contributed by atoms with van der Waals surface area (Å²) in [6.07, 6.45) is 8.43. The monoisotopic (exact) mass is 403 g/mol. The summed E-state index contributed by atoms with van der Waals surface area (Å²) in [6.45, 7) is 4.24. The zero-order valence-corrected chi connectivity index (χ0v) is 17.5. The minimum absolute atomic E-state index is 0.0296. The van der Waals surface area contributed by atoms with Gasteiger partial charge in [0.05, 0.1) is 5.75 Å². The maximum atomic E-state index is 12.2. The number of nitrogens with zero attached hydrogens (tertiary/aromatic N) is 2. The Morgan fingerprint density at radius 1 is 1.18 bits per heavy atom. The molecule has 0 radical (unpaired) electrons. The van der Waals surface area contributed by atoms with Crippen molar-refractivity contribution in [1.29, 1.82) is 0 Å². The van der Waals surface area contributed by atoms with Gasteiger partial charge >= 0.3 is 0 Å². The van der Waals surface area contributed by atoms with Gasteiger partial charge in [-0.3, -0.25) is 4.79 Å². The van der Waals surface area contributed by atoms with Gasteiger partial charge in [0.1, 0.15) is 5.75 Å². The van der Waals surface area contributed by atoms with E-state index in [1.165, 1.54) is 43.9 Å². The highest BCUT2D eigenvalue weighted by atomic mass is 32.2. The number of carbonyl (C=O) groups is 1. The van der Waals surface area contributed by atoms with Crippen molar-refractivity contribution in [3.63, 3.8) is 0 Å². The van der Waals surface area contributed by atoms with E-state index in [-0.39, 0.29) is 18.3 Å². The van der Waals surface area contributed by atoms with Gasteiger partial charge < -0.3 is 14.5 Å². The molecule has 6 nitrogen and oxygen atoms in total. The number of hydrogen-bond donors (Lipinski definition) is 1. The number of thioether (sulfide) groups is 1. The summed E-state index contributed by atoms with van der Waals surface area (Å²) >= 11 is 1.27. The molecule has 0 saturated heterocycles. The summed E-state index contributed by atoms with van der Waals surface area (Å²) in [5.74, 6) is 1.53. The van der Waals surface area contributed by atoms with Crippen LogP contribution in [-0.2, 0) is 11.4 Å². The summed E-state index contributed by atoms with van der Waals surface area (Å²) in [7, 11) is 0. The van der Waals surface area contributed by atoms with E-state index in [1.54, 1.807) is 0 Å². The molecule has 0 unspecified atom stereocenters. The summed E-state index contributed by atoms with van der Waals surface area (Å²) in [5, 5.41) is 11.5. The van der Waals surface area contributed by atoms with Crippen LogP contribution in [0.2, 0.25) is 0 Å². The Kier molecular flexibility index (Phi) is 7.77. The van der Waals surface area contributed by atoms with E-state index in [4.69, 9.17) is 9.15 Å². The first-order valence-corrected chi connectivity index (χ1v) is 11.0. The van der Waals surface area contributed by atoms with E-state index in [9.17, 15) is 4.79 Å². The standard InChI is InChI=1S/C21H29N3O3S/c1-15-10-11-16(2)18(12-15)26-13-20-23-24-21(27-20)28-14-19(25)22-17-8-6-4-3-5-7-9-17/h10-12,17H,3-9,13-14H2,1-2H3,(H,22,25). The molecule has 1 fully saturated rings. The first-order valence-electron chi connectivity index (χ1n) is 10.0. The molecule has 28 heavy (non-hydrogen) atoms. The molecule has 1 saturated carbocycles. The Morgan fingerprint density at radius 2 is 1.93 bits per heavy atom. The molecule has 1 aliphatic rings. The molecule has 3 rings (SSSR count). The Bertz CT molecular complexity index is 770. The van der Waals surface area contributed by atoms with Gasteiger partial charge in [0, 0.05) is 6.04 Å². The van der Waals surface area contributed by atoms with E-state index >= 15 is 0 Å². The second kappa shape index (κ2) is 10.5. The topological polar surface area (TPSA) is 77.2 Å². The Balaban J connectivity index is 1.42. The van der Waals surface area contributed by atoms with Crippen molar-refractivity contribution in [2.75, 3.05) is 5.75 Å². The molecule has 0 spiro atoms. The average Bonchev–Trinajstić information content (AvgIpc) is 3.11. The molecule has 1 heterocycles. The largest absolute Gasteiger partial charge is 0.484 e. The van der Waals surface area contributed by atoms with Crippen molar-refractivity contribution >= 4 is 17.7 Å². The zero-order valence-electron chi connectivity index (χ0n) is 16.7. The number of aryl methyl sites for hydroxylation is 2. The number of ether oxygens (including phenoxy) is 1. The lowest BCUT2D eigenvalue weighted by molar-refractivity contribution is -0.119. The van der Waals surface area contributed by atoms with Gasteiger partial charge in [-0.05, 0) is 43.9 Å². The molecule has 0 aliphatic heterocycles. The summed E-state index contributed by atoms with van der Waals surface area (Å²) < 4.78 is 11.4. The highest BCUT2D eigenvalue weighted by Gasteiger charge is 2.16. The van der Waals surface area contributed by atoms with Crippen LogP contribution >= 0.6 is 11.8 Å². The minimum Gasteiger partial charge on any atom is -0.484 e. The predicted molar refractivity (Wildman–Crippen MR) is 110 cm³/mol. The molecule has 1 amide bonds. The first-order chi connectivity index (χ1) is 13.6. The maximum absolute atomic E-state index is 12.2. The highest BCUT2D eigenvalue weighted by molar-refractivity contribution is 7.99. The van der Waals surface area contributed by atoms with E-state index in [0.29, 0.717) is 17.2 Å². The molecule has 1 aromatic carbocycles. The van der Waals surface area contributed by atoms with Crippen molar-refractivity contribution in [2.24, 2.45) is 0 Å². The Labute approximate surface area is 170 Å². The van der Waals surface area contributed by atoms with Crippen LogP contribution in [0.15, 0.2) is 27.8 Å². The number of hydrogen-bond acceptors (Lipinski definition) is 6. The SMILES string of the molecule is Cc1ccc(C)c(OCc2nnc(SCC(=O)NC3CCCCCCC3)o2)c1. The van der Waals surface area contributed by atoms with Crippen molar-refractivity contribution in [3.05, 3.63) is 35.2 Å². The van der Waals surface area contributed by atoms with Gasteiger partial charge in [-0.25, -0.2) is 0 Å². The van der Waals surface area contributed by atoms with Crippen molar-refractivity contribution in [2.45, 2.75) is 76.7 Å². The van der Waals surface area contributed by atoms with Crippen LogP contribution in [0.3, 0.4) is 0 Å². The highest BCUT2D eigenvalue weighted by Crippen LogP contribution is 2.22. The summed E-state index contributed by atoms with van der Waals surface area (Å²) in [4.78, 5) is 12.2. The van der Waals surface area contributed by atoms with Crippen LogP contribution in [0.25, 0.3) is 0 Å². The lowest BCUT2D eigenvalue weighted by atomic mass is 9.97. The quantitative estimate of drug-likeness (QED) is 0.682. The maximum Gasteiger partial charge on any atom is 0.277 e. The van der Waals surface area contributed by atoms with Gasteiger partial charge in [-0.15, -0.1) is 10.2 Å². The van der Waals surface area contributed by atoms with Gasteiger partial charge in [-0.2, -0.15) is 0 Å². The predicted octanol–water partition coefficient (Wildman–Crippen LogP) is 4.59. The van der Waals surface area contributed by atoms with Crippen LogP contribution < -0.4 is 10.1 Å². The fourth-order valence-electron chi connectivity index (χ4n) is 3.35. The van der Waals surface area contributed by atoms with E-state index in [2.05, 4.69) is 15.5 Å². The van der Waals surface area contributed by atoms with Crippen LogP contribution in [-0.4, -0.2) is 27.9 Å². The number of aromatic nitrogens is 2. The van der Waals surface area contributed by atoms with Gasteiger partial charge in [-0.1, -0.05) is 56.0 Å². The third kappa shape index (κ3) is 6.55. The zero-order chi connectivity index (χ0) is 19.8. The number of rotatable bonds is 7. The molecule has 7 heteroatoms. The lowest BCUT2D eigenvalue weighted by Gasteiger charge is -2.20. The number of benzene rings is 1. The normalized spacial score (nSPS) is 15.6. The fraction of sp³-hybridized carbons (Fsp3) is 0.571. The molecule has 1 aromatic heterocycles. The number of nitrogens with one attached hydrogen (secondary N) is 1. The Morgan fingerprint density at radius 3 is 2.71 bits per heavy atom. The van der Waals surface area contributed by atoms with E-state index in [0.717, 1.165) is 29.7 Å². The van der Waals surface area contributed by atoms with Gasteiger partial charge in [0.15, 0.2) is 6.61 Å². The molecular formula is C21H29N3O3S. The molecule has 0 atom stereocenters. The minimum atomic E-state index is 0.0296. The summed E-state index contributed by atoms with van der Waals surface area (Å²) in [6, 6.07) is 6.36. The first kappa shape index (κ1) is 20.7. The van der Waals surface area contributed by atoms with E-state index < -0.39 is 0 Å². The van der Waals surface area contributed by atoms with Crippen LogP contribution in [0, 0.1) is 13.8 Å². The molecule has 2 aromatic rings. The van der Waals surface area contributed by atoms with Crippen molar-refractivity contribution in [1.82, 2.24) is 15.5 Å². The van der Waals surface area contributed by atoms with E-state index in [1.807, 2.05) is 32.0 Å². The third-order valence-electron chi connectivity index (χ3n) is 4.94. The van der Waals surface area contributed by atoms with Crippen LogP contribution in [0.4, 0.5) is 0 Å². The molecule has 152 valence electrons. The van der Waals surface area contributed by atoms with Crippen molar-refractivity contribution in [3.8, 4) is 5.75 Å². The average molecular weight is 404 g/mol. The molecule has 1 N–H and O–H groups in total. The molecule has 1 aliphatic carbocycles. The van der Waals surface area contributed by atoms with Crippen LogP contribution in [0.1, 0.15) is 62.0 Å². The second-order valence-corrected chi connectivity index (χ2v) is 8.34. The van der Waals surface area contributed by atoms with Gasteiger partial charge in [0.25, 0.3) is 11.1 Å². The third-order valence-corrected chi connectivity index (χ3v) is 5.76. The van der Waals surface area contributed by atoms with Crippen LogP contribution in [0.5, 0.6) is 5.75 Å². The number of amides is 1. The molecule has 0 bridgehead atoms. The smallest absolute Gasteiger partial charge is 0.277 e. The Hall–Kier alpha value is -2.02. The summed E-state index contributed by atoms with van der Waals surface area (Å²) in [5.41, 5.74) is 2.20. The molecular weight excluding hydrogens is 374 g/mol. The number of carbonyl (C=O) groups excluding carboxylic acids is 1. The lowest BCUT2D eigenvalue weighted by Crippen LogP contribution is -2.36. The fourth-order valence-corrected chi connectivity index (χ4v) is 3.95.